The van der Waals surface area contributed by atoms with Crippen LogP contribution in [0.15, 0.2) is 0 Å². The molecule has 0 rings (SSSR count). The van der Waals surface area contributed by atoms with Gasteiger partial charge in [-0.2, -0.15) is 0 Å². The summed E-state index contributed by atoms with van der Waals surface area (Å²) in [5.41, 5.74) is 4.26. The Kier molecular flexibility index (Phi) is 2.65. The molecule has 0 fully saturated rings. The Bertz CT molecular complexity index is 138. The first kappa shape index (κ1) is 9.22. The van der Waals surface area contributed by atoms with Crippen molar-refractivity contribution in [2.45, 2.75) is 12.0 Å². The zero-order valence-electron chi connectivity index (χ0n) is 4.85. The molecule has 0 bridgehead atoms. The van der Waals surface area contributed by atoms with Gasteiger partial charge in [0.2, 0.25) is 12.0 Å². The summed E-state index contributed by atoms with van der Waals surface area (Å²) in [6, 6.07) is 0. The summed E-state index contributed by atoms with van der Waals surface area (Å²) in [4.78, 5) is 9.64. The van der Waals surface area contributed by atoms with Gasteiger partial charge in [0.15, 0.2) is 0 Å². The maximum Gasteiger partial charge on any atom is 0.343 e. The number of carbonyl (C=O) groups is 1. The predicted molar refractivity (Wildman–Crippen MR) is 26.5 cm³/mol. The van der Waals surface area contributed by atoms with Crippen molar-refractivity contribution in [2.75, 3.05) is 6.67 Å². The van der Waals surface area contributed by atoms with E-state index in [-0.39, 0.29) is 0 Å². The van der Waals surface area contributed by atoms with Gasteiger partial charge in [-0.3, -0.25) is 5.73 Å². The van der Waals surface area contributed by atoms with E-state index in [0.717, 1.165) is 0 Å². The van der Waals surface area contributed by atoms with Crippen LogP contribution in [-0.2, 0) is 4.79 Å². The summed E-state index contributed by atoms with van der Waals surface area (Å²) in [5.74, 6) is -5.52. The highest BCUT2D eigenvalue weighted by molar-refractivity contribution is 5.73. The Morgan fingerprint density at radius 1 is 1.80 bits per heavy atom. The molecule has 0 aromatic heterocycles. The van der Waals surface area contributed by atoms with Crippen molar-refractivity contribution in [1.82, 2.24) is 0 Å². The maximum absolute atomic E-state index is 12.1. The van der Waals surface area contributed by atoms with Gasteiger partial charge >= 0.3 is 5.97 Å². The molecule has 3 N–H and O–H groups in total. The number of rotatable bonds is 3. The lowest BCUT2D eigenvalue weighted by molar-refractivity contribution is -0.149. The molecular formula is C4H6F3NO2. The highest BCUT2D eigenvalue weighted by Crippen LogP contribution is 2.13. The van der Waals surface area contributed by atoms with Crippen LogP contribution in [0.5, 0.6) is 0 Å². The SMILES string of the molecule is NC(F)(CF)C(F)C(=O)O. The van der Waals surface area contributed by atoms with Crippen LogP contribution in [0.1, 0.15) is 0 Å². The fourth-order valence-electron chi connectivity index (χ4n) is 0.273. The van der Waals surface area contributed by atoms with Crippen LogP contribution in [0.2, 0.25) is 0 Å². The van der Waals surface area contributed by atoms with E-state index in [9.17, 15) is 18.0 Å². The van der Waals surface area contributed by atoms with E-state index in [2.05, 4.69) is 5.73 Å². The molecule has 60 valence electrons. The number of hydrogen-bond donors (Lipinski definition) is 2. The Morgan fingerprint density at radius 3 is 2.30 bits per heavy atom. The Balaban J connectivity index is 4.17. The Morgan fingerprint density at radius 2 is 2.20 bits per heavy atom. The van der Waals surface area contributed by atoms with Gasteiger partial charge in [0.1, 0.15) is 6.67 Å². The second-order valence-corrected chi connectivity index (χ2v) is 1.76. The fraction of sp³-hybridized carbons (Fsp3) is 0.750. The average Bonchev–Trinajstić information content (AvgIpc) is 1.86. The third-order valence-corrected chi connectivity index (χ3v) is 0.843. The van der Waals surface area contributed by atoms with Crippen LogP contribution < -0.4 is 5.73 Å². The molecule has 10 heavy (non-hydrogen) atoms. The summed E-state index contributed by atoms with van der Waals surface area (Å²) in [6.07, 6.45) is -3.02. The summed E-state index contributed by atoms with van der Waals surface area (Å²) in [5, 5.41) is 7.79. The second kappa shape index (κ2) is 2.87. The normalized spacial score (nSPS) is 19.6. The topological polar surface area (TPSA) is 63.3 Å². The molecule has 0 spiro atoms. The van der Waals surface area contributed by atoms with Crippen molar-refractivity contribution in [3.63, 3.8) is 0 Å². The Labute approximate surface area is 54.6 Å². The van der Waals surface area contributed by atoms with Gasteiger partial charge in [0.05, 0.1) is 0 Å². The molecule has 0 radical (unpaired) electrons. The number of hydrogen-bond acceptors (Lipinski definition) is 2. The molecule has 0 saturated heterocycles. The molecule has 6 heteroatoms. The first-order valence-electron chi connectivity index (χ1n) is 2.32. The van der Waals surface area contributed by atoms with Crippen LogP contribution >= 0.6 is 0 Å². The molecule has 2 unspecified atom stereocenters. The van der Waals surface area contributed by atoms with Crippen molar-refractivity contribution < 1.29 is 23.1 Å². The third-order valence-electron chi connectivity index (χ3n) is 0.843. The van der Waals surface area contributed by atoms with E-state index in [1.807, 2.05) is 0 Å². The summed E-state index contributed by atoms with van der Waals surface area (Å²) < 4.78 is 35.5. The van der Waals surface area contributed by atoms with E-state index < -0.39 is 24.6 Å². The minimum Gasteiger partial charge on any atom is -0.479 e. The molecule has 0 aliphatic heterocycles. The first-order valence-corrected chi connectivity index (χ1v) is 2.32. The molecule has 0 saturated carbocycles. The number of carboxylic acids is 1. The van der Waals surface area contributed by atoms with E-state index >= 15 is 0 Å². The van der Waals surface area contributed by atoms with Gasteiger partial charge < -0.3 is 5.11 Å². The number of alkyl halides is 3. The fourth-order valence-corrected chi connectivity index (χ4v) is 0.273. The molecule has 0 amide bonds. The van der Waals surface area contributed by atoms with Crippen LogP contribution in [0.25, 0.3) is 0 Å². The van der Waals surface area contributed by atoms with Gasteiger partial charge in [0, 0.05) is 0 Å². The number of halogens is 3. The van der Waals surface area contributed by atoms with E-state index in [1.54, 1.807) is 0 Å². The van der Waals surface area contributed by atoms with E-state index in [4.69, 9.17) is 5.11 Å². The van der Waals surface area contributed by atoms with E-state index in [0.29, 0.717) is 0 Å². The van der Waals surface area contributed by atoms with Crippen LogP contribution in [0.3, 0.4) is 0 Å². The smallest absolute Gasteiger partial charge is 0.343 e. The van der Waals surface area contributed by atoms with E-state index in [1.165, 1.54) is 0 Å². The molecule has 2 atom stereocenters. The molecule has 0 aliphatic carbocycles. The van der Waals surface area contributed by atoms with Gasteiger partial charge in [0.25, 0.3) is 0 Å². The molecular weight excluding hydrogens is 151 g/mol. The summed E-state index contributed by atoms with van der Waals surface area (Å²) in [6.45, 7) is -1.86. The Hall–Kier alpha value is -0.780. The number of nitrogens with two attached hydrogens (primary N) is 1. The minimum absolute atomic E-state index is 1.86. The molecule has 0 heterocycles. The van der Waals surface area contributed by atoms with Crippen molar-refractivity contribution in [2.24, 2.45) is 5.73 Å². The zero-order valence-corrected chi connectivity index (χ0v) is 4.85. The van der Waals surface area contributed by atoms with Gasteiger partial charge in [-0.15, -0.1) is 0 Å². The zero-order chi connectivity index (χ0) is 8.36. The molecule has 0 aliphatic rings. The number of carboxylic acid groups (broad SMARTS) is 1. The molecule has 0 aromatic rings. The standard InChI is InChI=1S/C4H6F3NO2/c5-1-4(7,8)2(6)3(9)10/h2H,1,8H2,(H,9,10). The largest absolute Gasteiger partial charge is 0.479 e. The quantitative estimate of drug-likeness (QED) is 0.567. The van der Waals surface area contributed by atoms with Gasteiger partial charge in [-0.05, 0) is 0 Å². The maximum atomic E-state index is 12.1. The predicted octanol–water partition coefficient (Wildman–Crippen LogP) is 0.00310. The van der Waals surface area contributed by atoms with Crippen LogP contribution in [0.4, 0.5) is 13.2 Å². The monoisotopic (exact) mass is 157 g/mol. The van der Waals surface area contributed by atoms with Gasteiger partial charge in [-0.25, -0.2) is 18.0 Å². The molecule has 0 aromatic carbocycles. The van der Waals surface area contributed by atoms with Crippen molar-refractivity contribution in [3.05, 3.63) is 0 Å². The summed E-state index contributed by atoms with van der Waals surface area (Å²) >= 11 is 0. The summed E-state index contributed by atoms with van der Waals surface area (Å²) in [7, 11) is 0. The van der Waals surface area contributed by atoms with Crippen molar-refractivity contribution in [1.29, 1.82) is 0 Å². The lowest BCUT2D eigenvalue weighted by Gasteiger charge is -2.16. The van der Waals surface area contributed by atoms with Crippen LogP contribution in [-0.4, -0.2) is 29.7 Å². The average molecular weight is 157 g/mol. The van der Waals surface area contributed by atoms with Crippen LogP contribution in [0, 0.1) is 0 Å². The van der Waals surface area contributed by atoms with Gasteiger partial charge in [-0.1, -0.05) is 0 Å². The number of aliphatic carboxylic acids is 1. The third kappa shape index (κ3) is 1.87. The highest BCUT2D eigenvalue weighted by Gasteiger charge is 2.41. The molecule has 3 nitrogen and oxygen atoms in total. The second-order valence-electron chi connectivity index (χ2n) is 1.76. The van der Waals surface area contributed by atoms with Crippen molar-refractivity contribution >= 4 is 5.97 Å². The lowest BCUT2D eigenvalue weighted by Crippen LogP contribution is -2.50. The minimum atomic E-state index is -3.41. The highest BCUT2D eigenvalue weighted by atomic mass is 19.2. The first-order chi connectivity index (χ1) is 4.41. The van der Waals surface area contributed by atoms with Crippen molar-refractivity contribution in [3.8, 4) is 0 Å². The lowest BCUT2D eigenvalue weighted by atomic mass is 10.2.